The summed E-state index contributed by atoms with van der Waals surface area (Å²) in [5, 5.41) is 9.48. The maximum absolute atomic E-state index is 11.9. The number of carbonyl (C=O) groups excluding carboxylic acids is 2. The standard InChI is InChI=1S/C17H14N2O2S2/c20-16(11-14-3-1-9-22-14)18-12-5-7-13(8-6-12)19-17(21)15-4-2-10-23-15/h1-10H,11H2,(H,18,20)(H,19,21). The predicted octanol–water partition coefficient (Wildman–Crippen LogP) is 4.24. The van der Waals surface area contributed by atoms with Crippen LogP contribution in [0.4, 0.5) is 11.4 Å². The molecule has 2 aromatic heterocycles. The van der Waals surface area contributed by atoms with E-state index in [1.807, 2.05) is 29.0 Å². The van der Waals surface area contributed by atoms with E-state index in [1.54, 1.807) is 41.7 Å². The largest absolute Gasteiger partial charge is 0.326 e. The maximum atomic E-state index is 11.9. The Balaban J connectivity index is 1.56. The van der Waals surface area contributed by atoms with E-state index < -0.39 is 0 Å². The highest BCUT2D eigenvalue weighted by Crippen LogP contribution is 2.17. The summed E-state index contributed by atoms with van der Waals surface area (Å²) < 4.78 is 0. The number of benzene rings is 1. The van der Waals surface area contributed by atoms with Gasteiger partial charge in [-0.1, -0.05) is 12.1 Å². The molecular formula is C17H14N2O2S2. The summed E-state index contributed by atoms with van der Waals surface area (Å²) in [5.74, 6) is -0.183. The third-order valence-electron chi connectivity index (χ3n) is 3.09. The van der Waals surface area contributed by atoms with Gasteiger partial charge in [0.05, 0.1) is 11.3 Å². The number of amides is 2. The molecule has 0 fully saturated rings. The molecule has 0 radical (unpaired) electrons. The first-order valence-electron chi connectivity index (χ1n) is 6.98. The van der Waals surface area contributed by atoms with Gasteiger partial charge in [-0.15, -0.1) is 22.7 Å². The first kappa shape index (κ1) is 15.5. The minimum Gasteiger partial charge on any atom is -0.326 e. The SMILES string of the molecule is O=C(Cc1cccs1)Nc1ccc(NC(=O)c2cccs2)cc1. The van der Waals surface area contributed by atoms with Gasteiger partial charge in [0.1, 0.15) is 0 Å². The van der Waals surface area contributed by atoms with Crippen LogP contribution in [-0.4, -0.2) is 11.8 Å². The summed E-state index contributed by atoms with van der Waals surface area (Å²) in [6.45, 7) is 0. The molecule has 0 spiro atoms. The minimum absolute atomic E-state index is 0.0529. The van der Waals surface area contributed by atoms with Crippen molar-refractivity contribution >= 4 is 45.9 Å². The van der Waals surface area contributed by atoms with Crippen LogP contribution in [0.2, 0.25) is 0 Å². The highest BCUT2D eigenvalue weighted by atomic mass is 32.1. The van der Waals surface area contributed by atoms with Crippen molar-refractivity contribution in [1.82, 2.24) is 0 Å². The van der Waals surface area contributed by atoms with Gasteiger partial charge < -0.3 is 10.6 Å². The van der Waals surface area contributed by atoms with Gasteiger partial charge in [-0.3, -0.25) is 9.59 Å². The van der Waals surface area contributed by atoms with Gasteiger partial charge in [0.25, 0.3) is 5.91 Å². The summed E-state index contributed by atoms with van der Waals surface area (Å²) in [6, 6.07) is 14.6. The smallest absolute Gasteiger partial charge is 0.265 e. The van der Waals surface area contributed by atoms with Crippen molar-refractivity contribution in [3.63, 3.8) is 0 Å². The van der Waals surface area contributed by atoms with Crippen LogP contribution in [0.1, 0.15) is 14.5 Å². The van der Waals surface area contributed by atoms with Crippen molar-refractivity contribution in [1.29, 1.82) is 0 Å². The number of nitrogens with one attached hydrogen (secondary N) is 2. The normalized spacial score (nSPS) is 10.3. The molecule has 0 aliphatic heterocycles. The number of hydrogen-bond donors (Lipinski definition) is 2. The molecule has 0 unspecified atom stereocenters. The third kappa shape index (κ3) is 4.28. The van der Waals surface area contributed by atoms with Crippen molar-refractivity contribution < 1.29 is 9.59 Å². The minimum atomic E-state index is -0.130. The van der Waals surface area contributed by atoms with Crippen molar-refractivity contribution in [2.75, 3.05) is 10.6 Å². The van der Waals surface area contributed by atoms with Crippen LogP contribution < -0.4 is 10.6 Å². The second kappa shape index (κ2) is 7.21. The van der Waals surface area contributed by atoms with Gasteiger partial charge >= 0.3 is 0 Å². The Morgan fingerprint density at radius 3 is 2.09 bits per heavy atom. The monoisotopic (exact) mass is 342 g/mol. The van der Waals surface area contributed by atoms with E-state index in [4.69, 9.17) is 0 Å². The van der Waals surface area contributed by atoms with Crippen LogP contribution in [0.15, 0.2) is 59.3 Å². The third-order valence-corrected chi connectivity index (χ3v) is 4.83. The molecular weight excluding hydrogens is 328 g/mol. The van der Waals surface area contributed by atoms with Gasteiger partial charge in [-0.05, 0) is 47.2 Å². The summed E-state index contributed by atoms with van der Waals surface area (Å²) in [7, 11) is 0. The predicted molar refractivity (Wildman–Crippen MR) is 95.4 cm³/mol. The molecule has 0 aliphatic carbocycles. The summed E-state index contributed by atoms with van der Waals surface area (Å²) >= 11 is 2.96. The lowest BCUT2D eigenvalue weighted by Gasteiger charge is -2.07. The fraction of sp³-hybridized carbons (Fsp3) is 0.0588. The van der Waals surface area contributed by atoms with E-state index in [-0.39, 0.29) is 11.8 Å². The first-order chi connectivity index (χ1) is 11.2. The number of anilines is 2. The van der Waals surface area contributed by atoms with Crippen LogP contribution in [0.25, 0.3) is 0 Å². The molecule has 1 aromatic carbocycles. The zero-order valence-corrected chi connectivity index (χ0v) is 13.7. The van der Waals surface area contributed by atoms with Crippen molar-refractivity contribution in [2.45, 2.75) is 6.42 Å². The Morgan fingerprint density at radius 2 is 1.48 bits per heavy atom. The van der Waals surface area contributed by atoms with E-state index in [0.717, 1.165) is 4.88 Å². The number of carbonyl (C=O) groups is 2. The number of thiophene rings is 2. The van der Waals surface area contributed by atoms with E-state index in [0.29, 0.717) is 22.7 Å². The molecule has 23 heavy (non-hydrogen) atoms. The molecule has 2 amide bonds. The Kier molecular flexibility index (Phi) is 4.85. The zero-order chi connectivity index (χ0) is 16.1. The van der Waals surface area contributed by atoms with Crippen molar-refractivity contribution in [3.8, 4) is 0 Å². The highest BCUT2D eigenvalue weighted by Gasteiger charge is 2.08. The summed E-state index contributed by atoms with van der Waals surface area (Å²) in [5.41, 5.74) is 1.40. The second-order valence-corrected chi connectivity index (χ2v) is 6.79. The van der Waals surface area contributed by atoms with Crippen LogP contribution in [0, 0.1) is 0 Å². The topological polar surface area (TPSA) is 58.2 Å². The van der Waals surface area contributed by atoms with Crippen LogP contribution >= 0.6 is 22.7 Å². The molecule has 3 aromatic rings. The van der Waals surface area contributed by atoms with Gasteiger partial charge in [-0.25, -0.2) is 0 Å². The second-order valence-electron chi connectivity index (χ2n) is 4.81. The zero-order valence-electron chi connectivity index (χ0n) is 12.1. The van der Waals surface area contributed by atoms with Crippen LogP contribution in [0.5, 0.6) is 0 Å². The lowest BCUT2D eigenvalue weighted by atomic mass is 10.2. The lowest BCUT2D eigenvalue weighted by molar-refractivity contribution is -0.115. The Morgan fingerprint density at radius 1 is 0.826 bits per heavy atom. The molecule has 0 saturated heterocycles. The molecule has 0 atom stereocenters. The Labute approximate surface area is 141 Å². The molecule has 3 rings (SSSR count). The summed E-state index contributed by atoms with van der Waals surface area (Å²) in [4.78, 5) is 25.6. The molecule has 0 bridgehead atoms. The van der Waals surface area contributed by atoms with Gasteiger partial charge in [0.15, 0.2) is 0 Å². The Bertz CT molecular complexity index is 779. The fourth-order valence-electron chi connectivity index (χ4n) is 2.01. The molecule has 0 saturated carbocycles. The van der Waals surface area contributed by atoms with E-state index in [9.17, 15) is 9.59 Å². The number of rotatable bonds is 5. The molecule has 4 nitrogen and oxygen atoms in total. The van der Waals surface area contributed by atoms with E-state index in [2.05, 4.69) is 10.6 Å². The van der Waals surface area contributed by atoms with Crippen LogP contribution in [0.3, 0.4) is 0 Å². The average molecular weight is 342 g/mol. The van der Waals surface area contributed by atoms with E-state index in [1.165, 1.54) is 11.3 Å². The highest BCUT2D eigenvalue weighted by molar-refractivity contribution is 7.12. The van der Waals surface area contributed by atoms with Gasteiger partial charge in [0, 0.05) is 16.3 Å². The maximum Gasteiger partial charge on any atom is 0.265 e. The average Bonchev–Trinajstić information content (AvgIpc) is 3.22. The van der Waals surface area contributed by atoms with Crippen molar-refractivity contribution in [2.24, 2.45) is 0 Å². The van der Waals surface area contributed by atoms with Crippen LogP contribution in [-0.2, 0) is 11.2 Å². The molecule has 2 N–H and O–H groups in total. The molecule has 6 heteroatoms. The fourth-order valence-corrected chi connectivity index (χ4v) is 3.34. The van der Waals surface area contributed by atoms with Gasteiger partial charge in [0.2, 0.25) is 5.91 Å². The lowest BCUT2D eigenvalue weighted by Crippen LogP contribution is -2.14. The molecule has 116 valence electrons. The Hall–Kier alpha value is -2.44. The van der Waals surface area contributed by atoms with Gasteiger partial charge in [-0.2, -0.15) is 0 Å². The number of hydrogen-bond acceptors (Lipinski definition) is 4. The molecule has 0 aliphatic rings. The molecule has 2 heterocycles. The first-order valence-corrected chi connectivity index (χ1v) is 8.74. The van der Waals surface area contributed by atoms with Crippen molar-refractivity contribution in [3.05, 3.63) is 69.0 Å². The van der Waals surface area contributed by atoms with E-state index >= 15 is 0 Å². The summed E-state index contributed by atoms with van der Waals surface area (Å²) in [6.07, 6.45) is 0.370. The quantitative estimate of drug-likeness (QED) is 0.728.